The molecule has 3 rings (SSSR count). The first-order valence-corrected chi connectivity index (χ1v) is 6.79. The Morgan fingerprint density at radius 1 is 1.38 bits per heavy atom. The van der Waals surface area contributed by atoms with E-state index >= 15 is 0 Å². The lowest BCUT2D eigenvalue weighted by molar-refractivity contribution is -0.0521. The molecular formula is C10H12BrN5O5. The molecule has 3 heterocycles. The number of rotatable bonds is 2. The fourth-order valence-electron chi connectivity index (χ4n) is 2.29. The van der Waals surface area contributed by atoms with Crippen molar-refractivity contribution in [2.24, 2.45) is 0 Å². The second kappa shape index (κ2) is 5.03. The summed E-state index contributed by atoms with van der Waals surface area (Å²) < 4.78 is 6.87. The lowest BCUT2D eigenvalue weighted by Gasteiger charge is -2.17. The van der Waals surface area contributed by atoms with Gasteiger partial charge in [0.15, 0.2) is 22.1 Å². The summed E-state index contributed by atoms with van der Waals surface area (Å²) in [6.07, 6.45) is -4.61. The number of nitrogen functional groups attached to an aromatic ring is 1. The lowest BCUT2D eigenvalue weighted by atomic mass is 10.1. The van der Waals surface area contributed by atoms with E-state index in [-0.39, 0.29) is 21.8 Å². The third-order valence-corrected chi connectivity index (χ3v) is 3.86. The number of aromatic amines is 1. The average molecular weight is 362 g/mol. The van der Waals surface area contributed by atoms with Gasteiger partial charge in [-0.15, -0.1) is 0 Å². The number of ether oxygens (including phenoxy) is 1. The topological polar surface area (TPSA) is 160 Å². The summed E-state index contributed by atoms with van der Waals surface area (Å²) in [5.74, 6) is -0.118. The Kier molecular flexibility index (Phi) is 3.45. The molecule has 0 aliphatic carbocycles. The number of anilines is 1. The highest BCUT2D eigenvalue weighted by molar-refractivity contribution is 9.10. The lowest BCUT2D eigenvalue weighted by Crippen LogP contribution is -2.33. The molecule has 0 bridgehead atoms. The number of nitrogens with one attached hydrogen (secondary N) is 1. The van der Waals surface area contributed by atoms with Crippen LogP contribution in [0.15, 0.2) is 9.53 Å². The Labute approximate surface area is 125 Å². The van der Waals surface area contributed by atoms with Crippen LogP contribution in [-0.2, 0) is 4.74 Å². The maximum Gasteiger partial charge on any atom is 0.280 e. The van der Waals surface area contributed by atoms with Crippen LogP contribution in [0.3, 0.4) is 0 Å². The van der Waals surface area contributed by atoms with E-state index in [1.165, 1.54) is 4.57 Å². The van der Waals surface area contributed by atoms with E-state index in [9.17, 15) is 15.0 Å². The molecule has 0 amide bonds. The SMILES string of the molecule is Nc1nc2c(nc(Br)n2[C@@H]2O[C@H](CO)[C@H](O)[C@H]2O)c(=O)[nH]1. The number of nitrogens with zero attached hydrogens (tertiary/aromatic N) is 3. The average Bonchev–Trinajstić information content (AvgIpc) is 2.89. The molecule has 11 heteroatoms. The Balaban J connectivity index is 2.17. The van der Waals surface area contributed by atoms with Gasteiger partial charge in [0, 0.05) is 0 Å². The smallest absolute Gasteiger partial charge is 0.280 e. The molecule has 1 fully saturated rings. The molecule has 0 radical (unpaired) electrons. The largest absolute Gasteiger partial charge is 0.394 e. The van der Waals surface area contributed by atoms with Crippen molar-refractivity contribution in [3.63, 3.8) is 0 Å². The molecule has 0 spiro atoms. The second-order valence-corrected chi connectivity index (χ2v) is 5.31. The van der Waals surface area contributed by atoms with E-state index in [4.69, 9.17) is 15.6 Å². The third kappa shape index (κ3) is 2.13. The van der Waals surface area contributed by atoms with Gasteiger partial charge in [-0.3, -0.25) is 14.3 Å². The first-order valence-electron chi connectivity index (χ1n) is 5.99. The van der Waals surface area contributed by atoms with Gasteiger partial charge >= 0.3 is 0 Å². The predicted molar refractivity (Wildman–Crippen MR) is 73.3 cm³/mol. The van der Waals surface area contributed by atoms with Crippen molar-refractivity contribution >= 4 is 33.0 Å². The number of hydrogen-bond acceptors (Lipinski definition) is 8. The Hall–Kier alpha value is -1.53. The summed E-state index contributed by atoms with van der Waals surface area (Å²) in [6, 6.07) is 0. The number of imidazole rings is 1. The van der Waals surface area contributed by atoms with E-state index in [0.717, 1.165) is 0 Å². The number of aliphatic hydroxyl groups excluding tert-OH is 3. The van der Waals surface area contributed by atoms with E-state index in [1.807, 2.05) is 0 Å². The van der Waals surface area contributed by atoms with Crippen LogP contribution in [0.5, 0.6) is 0 Å². The van der Waals surface area contributed by atoms with E-state index in [1.54, 1.807) is 0 Å². The molecule has 6 N–H and O–H groups in total. The number of hydrogen-bond donors (Lipinski definition) is 5. The van der Waals surface area contributed by atoms with Crippen molar-refractivity contribution in [2.75, 3.05) is 12.3 Å². The summed E-state index contributed by atoms with van der Waals surface area (Å²) in [4.78, 5) is 22.0. The van der Waals surface area contributed by atoms with Crippen molar-refractivity contribution in [1.29, 1.82) is 0 Å². The fourth-order valence-corrected chi connectivity index (χ4v) is 2.84. The molecule has 0 aromatic carbocycles. The summed E-state index contributed by atoms with van der Waals surface area (Å²) in [5, 5.41) is 29.0. The van der Waals surface area contributed by atoms with E-state index in [0.29, 0.717) is 0 Å². The fraction of sp³-hybridized carbons (Fsp3) is 0.500. The number of aromatic nitrogens is 4. The molecule has 1 aliphatic rings. The van der Waals surface area contributed by atoms with Gasteiger partial charge in [-0.05, 0) is 15.9 Å². The minimum absolute atomic E-state index is 0.00816. The zero-order chi connectivity index (χ0) is 15.3. The van der Waals surface area contributed by atoms with Crippen molar-refractivity contribution in [2.45, 2.75) is 24.5 Å². The first-order chi connectivity index (χ1) is 9.93. The van der Waals surface area contributed by atoms with Gasteiger partial charge < -0.3 is 25.8 Å². The van der Waals surface area contributed by atoms with Crippen LogP contribution in [0, 0.1) is 0 Å². The highest BCUT2D eigenvalue weighted by atomic mass is 79.9. The zero-order valence-corrected chi connectivity index (χ0v) is 12.1. The molecule has 1 saturated heterocycles. The minimum atomic E-state index is -1.32. The molecule has 2 aromatic heterocycles. The highest BCUT2D eigenvalue weighted by Gasteiger charge is 2.44. The normalized spacial score (nSPS) is 29.3. The van der Waals surface area contributed by atoms with Gasteiger partial charge in [0.1, 0.15) is 18.3 Å². The van der Waals surface area contributed by atoms with E-state index < -0.39 is 36.7 Å². The molecule has 1 aliphatic heterocycles. The monoisotopic (exact) mass is 361 g/mol. The molecule has 0 unspecified atom stereocenters. The molecule has 2 aromatic rings. The van der Waals surface area contributed by atoms with Crippen LogP contribution in [-0.4, -0.2) is 59.8 Å². The van der Waals surface area contributed by atoms with Crippen LogP contribution in [0.1, 0.15) is 6.23 Å². The Morgan fingerprint density at radius 3 is 2.71 bits per heavy atom. The van der Waals surface area contributed by atoms with Crippen molar-refractivity contribution < 1.29 is 20.1 Å². The summed E-state index contributed by atoms with van der Waals surface area (Å²) in [7, 11) is 0. The molecule has 21 heavy (non-hydrogen) atoms. The number of aliphatic hydroxyl groups is 3. The highest BCUT2D eigenvalue weighted by Crippen LogP contribution is 2.33. The summed E-state index contributed by atoms with van der Waals surface area (Å²) in [6.45, 7) is -0.463. The second-order valence-electron chi connectivity index (χ2n) is 4.60. The van der Waals surface area contributed by atoms with Crippen molar-refractivity contribution in [3.05, 3.63) is 15.1 Å². The van der Waals surface area contributed by atoms with Gasteiger partial charge in [0.05, 0.1) is 6.61 Å². The van der Waals surface area contributed by atoms with Crippen LogP contribution in [0.4, 0.5) is 5.95 Å². The quantitative estimate of drug-likeness (QED) is 0.387. The minimum Gasteiger partial charge on any atom is -0.394 e. The predicted octanol–water partition coefficient (Wildman–Crippen LogP) is -1.92. The van der Waals surface area contributed by atoms with Crippen molar-refractivity contribution in [1.82, 2.24) is 19.5 Å². The standard InChI is InChI=1S/C10H12BrN5O5/c11-9-13-3-6(14-10(12)15-7(3)20)16(9)8-5(19)4(18)2(1-17)21-8/h2,4-5,8,17-19H,1H2,(H3,12,14,15,20)/t2-,4+,5-,8-/m1/s1. The zero-order valence-electron chi connectivity index (χ0n) is 10.5. The number of nitrogens with two attached hydrogens (primary N) is 1. The van der Waals surface area contributed by atoms with Crippen molar-refractivity contribution in [3.8, 4) is 0 Å². The first kappa shape index (κ1) is 14.4. The number of fused-ring (bicyclic) bond motifs is 1. The van der Waals surface area contributed by atoms with Crippen LogP contribution in [0.25, 0.3) is 11.2 Å². The van der Waals surface area contributed by atoms with Gasteiger partial charge in [-0.1, -0.05) is 0 Å². The van der Waals surface area contributed by atoms with Crippen LogP contribution >= 0.6 is 15.9 Å². The maximum absolute atomic E-state index is 11.8. The number of halogens is 1. The molecular weight excluding hydrogens is 350 g/mol. The Morgan fingerprint density at radius 2 is 2.10 bits per heavy atom. The van der Waals surface area contributed by atoms with Crippen LogP contribution in [0.2, 0.25) is 0 Å². The summed E-state index contributed by atoms with van der Waals surface area (Å²) >= 11 is 3.15. The van der Waals surface area contributed by atoms with E-state index in [2.05, 4.69) is 30.9 Å². The molecule has 0 saturated carbocycles. The maximum atomic E-state index is 11.8. The van der Waals surface area contributed by atoms with Gasteiger partial charge in [0.25, 0.3) is 5.56 Å². The Bertz CT molecular complexity index is 745. The summed E-state index contributed by atoms with van der Waals surface area (Å²) in [5.41, 5.74) is 5.07. The molecule has 4 atom stereocenters. The molecule has 10 nitrogen and oxygen atoms in total. The van der Waals surface area contributed by atoms with Gasteiger partial charge in [-0.2, -0.15) is 4.98 Å². The van der Waals surface area contributed by atoms with Gasteiger partial charge in [0.2, 0.25) is 5.95 Å². The van der Waals surface area contributed by atoms with Gasteiger partial charge in [-0.25, -0.2) is 4.98 Å². The molecule has 114 valence electrons. The van der Waals surface area contributed by atoms with Crippen LogP contribution < -0.4 is 11.3 Å². The third-order valence-electron chi connectivity index (χ3n) is 3.30. The number of H-pyrrole nitrogens is 1.